The fourth-order valence-corrected chi connectivity index (χ4v) is 1.91. The first-order valence-electron chi connectivity index (χ1n) is 4.90. The van der Waals surface area contributed by atoms with Crippen molar-refractivity contribution < 1.29 is 0 Å². The molecule has 14 heavy (non-hydrogen) atoms. The first kappa shape index (κ1) is 10.9. The lowest BCUT2D eigenvalue weighted by atomic mass is 10.1. The molecule has 0 saturated carbocycles. The fraction of sp³-hybridized carbons (Fsp3) is 0.500. The molecule has 78 valence electrons. The minimum Gasteiger partial charge on any atom is -0.376 e. The maximum atomic E-state index is 2.18. The van der Waals surface area contributed by atoms with Crippen LogP contribution in [0.25, 0.3) is 0 Å². The monoisotopic (exact) mass is 192 g/mol. The Hall–Kier alpha value is -1.18. The Morgan fingerprint density at radius 2 is 1.00 bits per heavy atom. The van der Waals surface area contributed by atoms with Gasteiger partial charge in [0.2, 0.25) is 0 Å². The Balaban J connectivity index is 3.42. The van der Waals surface area contributed by atoms with Crippen LogP contribution in [0.5, 0.6) is 0 Å². The fourth-order valence-electron chi connectivity index (χ4n) is 1.91. The van der Waals surface area contributed by atoms with E-state index in [4.69, 9.17) is 0 Å². The van der Waals surface area contributed by atoms with Crippen molar-refractivity contribution in [3.63, 3.8) is 0 Å². The van der Waals surface area contributed by atoms with Gasteiger partial charge in [0.15, 0.2) is 0 Å². The molecule has 0 aromatic heterocycles. The van der Waals surface area contributed by atoms with E-state index < -0.39 is 0 Å². The molecule has 1 aromatic carbocycles. The van der Waals surface area contributed by atoms with Gasteiger partial charge in [0.05, 0.1) is 11.4 Å². The summed E-state index contributed by atoms with van der Waals surface area (Å²) in [7, 11) is 8.37. The summed E-state index contributed by atoms with van der Waals surface area (Å²) in [4.78, 5) is 4.36. The number of hydrogen-bond donors (Lipinski definition) is 0. The van der Waals surface area contributed by atoms with Crippen LogP contribution in [0.1, 0.15) is 11.1 Å². The minimum atomic E-state index is 1.31. The number of nitrogens with zero attached hydrogens (tertiary/aromatic N) is 2. The Kier molecular flexibility index (Phi) is 3.04. The summed E-state index contributed by atoms with van der Waals surface area (Å²) in [5.74, 6) is 0. The summed E-state index contributed by atoms with van der Waals surface area (Å²) in [6.07, 6.45) is 0. The molecule has 0 spiro atoms. The van der Waals surface area contributed by atoms with Crippen molar-refractivity contribution in [2.24, 2.45) is 0 Å². The highest BCUT2D eigenvalue weighted by Crippen LogP contribution is 2.33. The Morgan fingerprint density at radius 1 is 0.714 bits per heavy atom. The van der Waals surface area contributed by atoms with Gasteiger partial charge in [-0.3, -0.25) is 0 Å². The van der Waals surface area contributed by atoms with E-state index in [0.29, 0.717) is 0 Å². The van der Waals surface area contributed by atoms with Gasteiger partial charge >= 0.3 is 0 Å². The third-order valence-electron chi connectivity index (χ3n) is 2.45. The molecule has 0 saturated heterocycles. The summed E-state index contributed by atoms with van der Waals surface area (Å²) in [6, 6.07) is 4.36. The molecule has 0 aliphatic carbocycles. The predicted octanol–water partition coefficient (Wildman–Crippen LogP) is 2.44. The zero-order valence-corrected chi connectivity index (χ0v) is 10.0. The van der Waals surface area contributed by atoms with Crippen LogP contribution in [0.3, 0.4) is 0 Å². The molecule has 2 nitrogen and oxygen atoms in total. The van der Waals surface area contributed by atoms with Gasteiger partial charge in [-0.25, -0.2) is 0 Å². The average molecular weight is 192 g/mol. The highest BCUT2D eigenvalue weighted by molar-refractivity contribution is 5.76. The summed E-state index contributed by atoms with van der Waals surface area (Å²) in [6.45, 7) is 4.31. The van der Waals surface area contributed by atoms with Crippen molar-refractivity contribution >= 4 is 11.4 Å². The standard InChI is InChI=1S/C12H20N2/c1-9-7-8-10(2)12(14(5)6)11(9)13(3)4/h7-8H,1-6H3. The lowest BCUT2D eigenvalue weighted by Gasteiger charge is -2.26. The van der Waals surface area contributed by atoms with E-state index in [1.54, 1.807) is 0 Å². The number of anilines is 2. The molecule has 0 radical (unpaired) electrons. The topological polar surface area (TPSA) is 6.48 Å². The van der Waals surface area contributed by atoms with Crippen LogP contribution in [0.2, 0.25) is 0 Å². The quantitative estimate of drug-likeness (QED) is 0.710. The van der Waals surface area contributed by atoms with Crippen molar-refractivity contribution in [2.45, 2.75) is 13.8 Å². The Labute approximate surface area is 87.1 Å². The van der Waals surface area contributed by atoms with Crippen molar-refractivity contribution in [1.29, 1.82) is 0 Å². The molecule has 0 atom stereocenters. The number of hydrogen-bond acceptors (Lipinski definition) is 2. The second-order valence-corrected chi connectivity index (χ2v) is 4.19. The Morgan fingerprint density at radius 3 is 1.21 bits per heavy atom. The SMILES string of the molecule is Cc1ccc(C)c(N(C)C)c1N(C)C. The molecule has 0 aliphatic rings. The van der Waals surface area contributed by atoms with Crippen molar-refractivity contribution in [3.05, 3.63) is 23.3 Å². The second-order valence-electron chi connectivity index (χ2n) is 4.19. The molecular formula is C12H20N2. The summed E-state index contributed by atoms with van der Waals surface area (Å²) in [5.41, 5.74) is 5.28. The van der Waals surface area contributed by atoms with E-state index in [1.165, 1.54) is 22.5 Å². The van der Waals surface area contributed by atoms with Crippen LogP contribution >= 0.6 is 0 Å². The first-order valence-corrected chi connectivity index (χ1v) is 4.90. The van der Waals surface area contributed by atoms with E-state index in [2.05, 4.69) is 64.0 Å². The summed E-state index contributed by atoms with van der Waals surface area (Å²) < 4.78 is 0. The van der Waals surface area contributed by atoms with Crippen LogP contribution in [-0.4, -0.2) is 28.2 Å². The van der Waals surface area contributed by atoms with Crippen molar-refractivity contribution in [1.82, 2.24) is 0 Å². The average Bonchev–Trinajstić information content (AvgIpc) is 2.07. The van der Waals surface area contributed by atoms with Gasteiger partial charge in [0.1, 0.15) is 0 Å². The van der Waals surface area contributed by atoms with Gasteiger partial charge in [0.25, 0.3) is 0 Å². The minimum absolute atomic E-state index is 1.31. The number of benzene rings is 1. The van der Waals surface area contributed by atoms with Crippen molar-refractivity contribution in [2.75, 3.05) is 38.0 Å². The van der Waals surface area contributed by atoms with E-state index in [9.17, 15) is 0 Å². The molecule has 0 unspecified atom stereocenters. The first-order chi connectivity index (χ1) is 6.45. The molecule has 0 bridgehead atoms. The summed E-state index contributed by atoms with van der Waals surface area (Å²) >= 11 is 0. The van der Waals surface area contributed by atoms with Crippen LogP contribution in [0.15, 0.2) is 12.1 Å². The van der Waals surface area contributed by atoms with Gasteiger partial charge in [-0.1, -0.05) is 12.1 Å². The van der Waals surface area contributed by atoms with Gasteiger partial charge in [0, 0.05) is 28.2 Å². The molecule has 1 aromatic rings. The zero-order chi connectivity index (χ0) is 10.9. The second kappa shape index (κ2) is 3.91. The van der Waals surface area contributed by atoms with E-state index in [0.717, 1.165) is 0 Å². The van der Waals surface area contributed by atoms with Crippen LogP contribution < -0.4 is 9.80 Å². The van der Waals surface area contributed by atoms with Gasteiger partial charge in [-0.2, -0.15) is 0 Å². The molecule has 2 heteroatoms. The molecule has 0 N–H and O–H groups in total. The lowest BCUT2D eigenvalue weighted by molar-refractivity contribution is 1.05. The molecular weight excluding hydrogens is 172 g/mol. The molecule has 1 rings (SSSR count). The molecule has 0 heterocycles. The third-order valence-corrected chi connectivity index (χ3v) is 2.45. The lowest BCUT2D eigenvalue weighted by Crippen LogP contribution is -2.18. The number of rotatable bonds is 2. The van der Waals surface area contributed by atoms with Gasteiger partial charge in [-0.05, 0) is 25.0 Å². The summed E-state index contributed by atoms with van der Waals surface area (Å²) in [5, 5.41) is 0. The van der Waals surface area contributed by atoms with Crippen LogP contribution in [-0.2, 0) is 0 Å². The molecule has 0 amide bonds. The normalized spacial score (nSPS) is 10.1. The van der Waals surface area contributed by atoms with Gasteiger partial charge in [-0.15, -0.1) is 0 Å². The molecule has 0 aliphatic heterocycles. The van der Waals surface area contributed by atoms with Gasteiger partial charge < -0.3 is 9.80 Å². The van der Waals surface area contributed by atoms with E-state index >= 15 is 0 Å². The van der Waals surface area contributed by atoms with E-state index in [-0.39, 0.29) is 0 Å². The zero-order valence-electron chi connectivity index (χ0n) is 10.0. The van der Waals surface area contributed by atoms with Crippen LogP contribution in [0.4, 0.5) is 11.4 Å². The van der Waals surface area contributed by atoms with E-state index in [1.807, 2.05) is 0 Å². The maximum Gasteiger partial charge on any atom is 0.0631 e. The Bertz CT molecular complexity index is 294. The van der Waals surface area contributed by atoms with Crippen LogP contribution in [0, 0.1) is 13.8 Å². The third kappa shape index (κ3) is 1.84. The largest absolute Gasteiger partial charge is 0.376 e. The highest BCUT2D eigenvalue weighted by Gasteiger charge is 2.11. The molecule has 0 fully saturated rings. The maximum absolute atomic E-state index is 2.18. The number of aryl methyl sites for hydroxylation is 2. The smallest absolute Gasteiger partial charge is 0.0631 e. The van der Waals surface area contributed by atoms with Crippen molar-refractivity contribution in [3.8, 4) is 0 Å². The highest BCUT2D eigenvalue weighted by atomic mass is 15.1. The predicted molar refractivity (Wildman–Crippen MR) is 64.6 cm³/mol.